The molecule has 0 bridgehead atoms. The number of methoxy groups -OCH3 is 1. The number of carbonyl (C=O) groups excluding carboxylic acids is 1. The van der Waals surface area contributed by atoms with Crippen molar-refractivity contribution in [2.45, 2.75) is 57.6 Å². The number of guanidine groups is 1. The summed E-state index contributed by atoms with van der Waals surface area (Å²) < 4.78 is 11.0. The molecule has 7 heteroatoms. The first kappa shape index (κ1) is 23.5. The summed E-state index contributed by atoms with van der Waals surface area (Å²) in [6.07, 6.45) is 7.64. The van der Waals surface area contributed by atoms with Crippen molar-refractivity contribution < 1.29 is 14.3 Å². The standard InChI is InChI=1S/C24H38N4O3/c1-25-24(28-13-11-22(12-14-28)31-16-6-15-30-2)26-18-19-7-5-10-21(17-19)27-23(29)20-8-3-4-9-20/h5,7,10,17,20,22H,3-4,6,8-9,11-16,18H2,1-2H3,(H,25,26)(H,27,29). The van der Waals surface area contributed by atoms with Gasteiger partial charge in [-0.1, -0.05) is 25.0 Å². The maximum absolute atomic E-state index is 12.4. The number of benzene rings is 1. The average molecular weight is 431 g/mol. The van der Waals surface area contributed by atoms with Crippen LogP contribution >= 0.6 is 0 Å². The van der Waals surface area contributed by atoms with E-state index in [4.69, 9.17) is 9.47 Å². The highest BCUT2D eigenvalue weighted by Crippen LogP contribution is 2.26. The largest absolute Gasteiger partial charge is 0.385 e. The lowest BCUT2D eigenvalue weighted by Gasteiger charge is -2.34. The van der Waals surface area contributed by atoms with Gasteiger partial charge in [0.25, 0.3) is 0 Å². The Morgan fingerprint density at radius 1 is 1.16 bits per heavy atom. The van der Waals surface area contributed by atoms with Crippen molar-refractivity contribution in [1.82, 2.24) is 10.2 Å². The Bertz CT molecular complexity index is 711. The van der Waals surface area contributed by atoms with Crippen LogP contribution in [-0.2, 0) is 20.8 Å². The molecule has 0 atom stereocenters. The number of nitrogens with zero attached hydrogens (tertiary/aromatic N) is 2. The van der Waals surface area contributed by atoms with E-state index in [9.17, 15) is 4.79 Å². The molecule has 31 heavy (non-hydrogen) atoms. The van der Waals surface area contributed by atoms with E-state index in [0.717, 1.165) is 75.6 Å². The van der Waals surface area contributed by atoms with E-state index < -0.39 is 0 Å². The first-order chi connectivity index (χ1) is 15.2. The van der Waals surface area contributed by atoms with Crippen molar-refractivity contribution >= 4 is 17.6 Å². The number of nitrogens with one attached hydrogen (secondary N) is 2. The molecule has 0 aromatic heterocycles. The van der Waals surface area contributed by atoms with Crippen LogP contribution in [-0.4, -0.2) is 63.3 Å². The summed E-state index contributed by atoms with van der Waals surface area (Å²) in [4.78, 5) is 19.2. The predicted octanol–water partition coefficient (Wildman–Crippen LogP) is 3.41. The van der Waals surface area contributed by atoms with Crippen molar-refractivity contribution in [1.29, 1.82) is 0 Å². The molecule has 3 rings (SSSR count). The second-order valence-electron chi connectivity index (χ2n) is 8.48. The predicted molar refractivity (Wildman–Crippen MR) is 124 cm³/mol. The van der Waals surface area contributed by atoms with Gasteiger partial charge in [0.1, 0.15) is 0 Å². The van der Waals surface area contributed by atoms with E-state index in [1.165, 1.54) is 12.8 Å². The van der Waals surface area contributed by atoms with Gasteiger partial charge in [-0.15, -0.1) is 0 Å². The van der Waals surface area contributed by atoms with Crippen LogP contribution in [0.4, 0.5) is 5.69 Å². The third-order valence-electron chi connectivity index (χ3n) is 6.17. The molecule has 1 aromatic rings. The maximum Gasteiger partial charge on any atom is 0.227 e. The second kappa shape index (κ2) is 12.7. The smallest absolute Gasteiger partial charge is 0.227 e. The van der Waals surface area contributed by atoms with Gasteiger partial charge >= 0.3 is 0 Å². The lowest BCUT2D eigenvalue weighted by molar-refractivity contribution is -0.119. The molecule has 172 valence electrons. The van der Waals surface area contributed by atoms with Crippen LogP contribution in [0.3, 0.4) is 0 Å². The van der Waals surface area contributed by atoms with Crippen LogP contribution in [0.2, 0.25) is 0 Å². The lowest BCUT2D eigenvalue weighted by Crippen LogP contribution is -2.46. The Balaban J connectivity index is 1.43. The van der Waals surface area contributed by atoms with E-state index in [1.807, 2.05) is 25.2 Å². The number of piperidine rings is 1. The maximum atomic E-state index is 12.4. The number of amides is 1. The summed E-state index contributed by atoms with van der Waals surface area (Å²) in [5, 5.41) is 6.56. The highest BCUT2D eigenvalue weighted by molar-refractivity contribution is 5.92. The number of hydrogen-bond acceptors (Lipinski definition) is 4. The highest BCUT2D eigenvalue weighted by Gasteiger charge is 2.23. The van der Waals surface area contributed by atoms with Crippen molar-refractivity contribution in [3.05, 3.63) is 29.8 Å². The summed E-state index contributed by atoms with van der Waals surface area (Å²) in [7, 11) is 3.55. The monoisotopic (exact) mass is 430 g/mol. The molecule has 0 radical (unpaired) electrons. The molecule has 1 aromatic carbocycles. The lowest BCUT2D eigenvalue weighted by atomic mass is 10.1. The molecule has 1 saturated carbocycles. The van der Waals surface area contributed by atoms with E-state index in [1.54, 1.807) is 7.11 Å². The van der Waals surface area contributed by atoms with Gasteiger partial charge in [-0.05, 0) is 49.8 Å². The molecule has 2 N–H and O–H groups in total. The molecule has 1 saturated heterocycles. The number of carbonyl (C=O) groups is 1. The summed E-state index contributed by atoms with van der Waals surface area (Å²) in [6, 6.07) is 8.08. The number of hydrogen-bond donors (Lipinski definition) is 2. The number of rotatable bonds is 9. The first-order valence-electron chi connectivity index (χ1n) is 11.7. The Morgan fingerprint density at radius 2 is 1.94 bits per heavy atom. The highest BCUT2D eigenvalue weighted by atomic mass is 16.5. The number of likely N-dealkylation sites (tertiary alicyclic amines) is 1. The summed E-state index contributed by atoms with van der Waals surface area (Å²) in [5.41, 5.74) is 2.00. The molecule has 1 heterocycles. The fourth-order valence-electron chi connectivity index (χ4n) is 4.39. The molecular weight excluding hydrogens is 392 g/mol. The van der Waals surface area contributed by atoms with Gasteiger partial charge in [0.15, 0.2) is 5.96 Å². The van der Waals surface area contributed by atoms with E-state index in [0.29, 0.717) is 12.6 Å². The zero-order valence-electron chi connectivity index (χ0n) is 19.1. The van der Waals surface area contributed by atoms with E-state index >= 15 is 0 Å². The molecule has 2 fully saturated rings. The Morgan fingerprint density at radius 3 is 2.65 bits per heavy atom. The van der Waals surface area contributed by atoms with Crippen molar-refractivity contribution in [3.8, 4) is 0 Å². The van der Waals surface area contributed by atoms with Gasteiger partial charge in [-0.25, -0.2) is 0 Å². The van der Waals surface area contributed by atoms with Gasteiger partial charge < -0.3 is 25.0 Å². The average Bonchev–Trinajstić information content (AvgIpc) is 3.34. The van der Waals surface area contributed by atoms with Gasteiger partial charge in [0, 0.05) is 58.6 Å². The van der Waals surface area contributed by atoms with Gasteiger partial charge in [0.05, 0.1) is 6.10 Å². The fraction of sp³-hybridized carbons (Fsp3) is 0.667. The van der Waals surface area contributed by atoms with Crippen molar-refractivity contribution in [3.63, 3.8) is 0 Å². The normalized spacial score (nSPS) is 18.4. The second-order valence-corrected chi connectivity index (χ2v) is 8.48. The Hall–Kier alpha value is -2.12. The Labute approximate surface area is 186 Å². The third kappa shape index (κ3) is 7.51. The van der Waals surface area contributed by atoms with Crippen LogP contribution in [0.5, 0.6) is 0 Å². The van der Waals surface area contributed by atoms with Gasteiger partial charge in [-0.2, -0.15) is 0 Å². The first-order valence-corrected chi connectivity index (χ1v) is 11.7. The quantitative estimate of drug-likeness (QED) is 0.357. The van der Waals surface area contributed by atoms with Crippen LogP contribution in [0.25, 0.3) is 0 Å². The molecule has 1 amide bonds. The molecule has 0 unspecified atom stereocenters. The number of anilines is 1. The number of aliphatic imine (C=N–C) groups is 1. The van der Waals surface area contributed by atoms with Crippen molar-refractivity contribution in [2.24, 2.45) is 10.9 Å². The van der Waals surface area contributed by atoms with Crippen LogP contribution in [0, 0.1) is 5.92 Å². The summed E-state index contributed by atoms with van der Waals surface area (Å²) >= 11 is 0. The molecule has 2 aliphatic rings. The Kier molecular flexibility index (Phi) is 9.62. The summed E-state index contributed by atoms with van der Waals surface area (Å²) in [5.74, 6) is 1.25. The fourth-order valence-corrected chi connectivity index (χ4v) is 4.39. The summed E-state index contributed by atoms with van der Waals surface area (Å²) in [6.45, 7) is 4.06. The molecule has 1 aliphatic carbocycles. The molecule has 1 aliphatic heterocycles. The van der Waals surface area contributed by atoms with Gasteiger partial charge in [0.2, 0.25) is 5.91 Å². The van der Waals surface area contributed by atoms with Crippen LogP contribution < -0.4 is 10.6 Å². The van der Waals surface area contributed by atoms with Crippen LogP contribution in [0.15, 0.2) is 29.3 Å². The topological polar surface area (TPSA) is 75.2 Å². The molecule has 7 nitrogen and oxygen atoms in total. The zero-order valence-corrected chi connectivity index (χ0v) is 19.1. The minimum Gasteiger partial charge on any atom is -0.385 e. The molecule has 0 spiro atoms. The van der Waals surface area contributed by atoms with Crippen molar-refractivity contribution in [2.75, 3.05) is 45.8 Å². The third-order valence-corrected chi connectivity index (χ3v) is 6.17. The van der Waals surface area contributed by atoms with Gasteiger partial charge in [-0.3, -0.25) is 9.79 Å². The minimum atomic E-state index is 0.158. The zero-order chi connectivity index (χ0) is 21.9. The number of ether oxygens (including phenoxy) is 2. The van der Waals surface area contributed by atoms with E-state index in [2.05, 4.69) is 26.6 Å². The van der Waals surface area contributed by atoms with E-state index in [-0.39, 0.29) is 11.8 Å². The SMILES string of the molecule is CN=C(NCc1cccc(NC(=O)C2CCCC2)c1)N1CCC(OCCCOC)CC1. The van der Waals surface area contributed by atoms with Crippen LogP contribution in [0.1, 0.15) is 50.5 Å². The molecular formula is C24H38N4O3. The minimum absolute atomic E-state index is 0.158.